The van der Waals surface area contributed by atoms with E-state index >= 15 is 0 Å². The van der Waals surface area contributed by atoms with Crippen molar-refractivity contribution in [2.45, 2.75) is 13.3 Å². The van der Waals surface area contributed by atoms with E-state index in [1.54, 1.807) is 6.20 Å². The summed E-state index contributed by atoms with van der Waals surface area (Å²) in [7, 11) is 0. The van der Waals surface area contributed by atoms with Crippen LogP contribution in [-0.2, 0) is 11.2 Å². The van der Waals surface area contributed by atoms with Gasteiger partial charge in [-0.2, -0.15) is 0 Å². The van der Waals surface area contributed by atoms with Crippen LogP contribution in [0.5, 0.6) is 0 Å². The van der Waals surface area contributed by atoms with Crippen molar-refractivity contribution in [1.29, 1.82) is 0 Å². The summed E-state index contributed by atoms with van der Waals surface area (Å²) in [4.78, 5) is 21.3. The van der Waals surface area contributed by atoms with E-state index in [0.29, 0.717) is 5.13 Å². The highest BCUT2D eigenvalue weighted by atomic mass is 32.1. The molecule has 5 heteroatoms. The number of nitrogens with one attached hydrogen (secondary N) is 1. The number of pyridine rings is 1. The number of aryl methyl sites for hydroxylation is 1. The quantitative estimate of drug-likeness (QED) is 0.607. The Balaban J connectivity index is 1.57. The maximum absolute atomic E-state index is 12.4. The first-order valence-corrected chi connectivity index (χ1v) is 8.50. The van der Waals surface area contributed by atoms with E-state index in [9.17, 15) is 4.79 Å². The van der Waals surface area contributed by atoms with Gasteiger partial charge in [-0.1, -0.05) is 41.7 Å². The van der Waals surface area contributed by atoms with E-state index in [4.69, 9.17) is 0 Å². The molecule has 0 bridgehead atoms. The number of hydrogen-bond donors (Lipinski definition) is 1. The molecule has 0 aliphatic rings. The number of amides is 1. The van der Waals surface area contributed by atoms with Crippen LogP contribution in [0.15, 0.2) is 54.7 Å². The van der Waals surface area contributed by atoms with Crippen LogP contribution in [0.2, 0.25) is 0 Å². The maximum atomic E-state index is 12.4. The van der Waals surface area contributed by atoms with E-state index in [-0.39, 0.29) is 12.3 Å². The normalized spacial score (nSPS) is 11.0. The van der Waals surface area contributed by atoms with E-state index in [2.05, 4.69) is 21.4 Å². The molecule has 0 atom stereocenters. The SMILES string of the molecule is Cc1ccc2nc(NC(=O)Cc3cccc4cccnc34)sc2c1. The zero-order valence-electron chi connectivity index (χ0n) is 13.1. The third-order valence-electron chi connectivity index (χ3n) is 3.86. The fraction of sp³-hybridized carbons (Fsp3) is 0.105. The van der Waals surface area contributed by atoms with Gasteiger partial charge in [0.25, 0.3) is 0 Å². The second-order valence-corrected chi connectivity index (χ2v) is 6.74. The number of aromatic nitrogens is 2. The Morgan fingerprint density at radius 3 is 2.96 bits per heavy atom. The van der Waals surface area contributed by atoms with Crippen molar-refractivity contribution in [3.05, 3.63) is 65.9 Å². The average Bonchev–Trinajstić information content (AvgIpc) is 2.96. The molecule has 0 radical (unpaired) electrons. The minimum Gasteiger partial charge on any atom is -0.302 e. The summed E-state index contributed by atoms with van der Waals surface area (Å²) in [5.74, 6) is -0.0797. The summed E-state index contributed by atoms with van der Waals surface area (Å²) in [5, 5.41) is 4.58. The Hall–Kier alpha value is -2.79. The van der Waals surface area contributed by atoms with Gasteiger partial charge in [0.05, 0.1) is 22.2 Å². The van der Waals surface area contributed by atoms with Crippen LogP contribution in [0.4, 0.5) is 5.13 Å². The van der Waals surface area contributed by atoms with Crippen molar-refractivity contribution < 1.29 is 4.79 Å². The fourth-order valence-corrected chi connectivity index (χ4v) is 3.71. The molecule has 0 saturated heterocycles. The van der Waals surface area contributed by atoms with Crippen molar-refractivity contribution in [3.63, 3.8) is 0 Å². The number of rotatable bonds is 3. The molecule has 2 aromatic carbocycles. The van der Waals surface area contributed by atoms with Gasteiger partial charge >= 0.3 is 0 Å². The number of hydrogen-bond acceptors (Lipinski definition) is 4. The molecule has 2 heterocycles. The number of carbonyl (C=O) groups is 1. The summed E-state index contributed by atoms with van der Waals surface area (Å²) in [6.07, 6.45) is 2.03. The molecule has 1 amide bonds. The lowest BCUT2D eigenvalue weighted by Gasteiger charge is -2.05. The summed E-state index contributed by atoms with van der Waals surface area (Å²) in [6.45, 7) is 2.05. The van der Waals surface area contributed by atoms with Gasteiger partial charge in [-0.15, -0.1) is 0 Å². The molecule has 0 aliphatic carbocycles. The van der Waals surface area contributed by atoms with Crippen molar-refractivity contribution in [1.82, 2.24) is 9.97 Å². The number of carbonyl (C=O) groups excluding carboxylic acids is 1. The van der Waals surface area contributed by atoms with Crippen molar-refractivity contribution >= 4 is 43.5 Å². The molecule has 1 N–H and O–H groups in total. The Morgan fingerprint density at radius 2 is 2.04 bits per heavy atom. The first-order chi connectivity index (χ1) is 11.7. The molecule has 0 aliphatic heterocycles. The highest BCUT2D eigenvalue weighted by Gasteiger charge is 2.11. The van der Waals surface area contributed by atoms with Crippen LogP contribution in [0, 0.1) is 6.92 Å². The Kier molecular flexibility index (Phi) is 3.70. The van der Waals surface area contributed by atoms with Gasteiger partial charge in [-0.3, -0.25) is 9.78 Å². The summed E-state index contributed by atoms with van der Waals surface area (Å²) >= 11 is 1.50. The molecule has 0 unspecified atom stereocenters. The lowest BCUT2D eigenvalue weighted by atomic mass is 10.1. The first kappa shape index (κ1) is 14.8. The highest BCUT2D eigenvalue weighted by Crippen LogP contribution is 2.27. The van der Waals surface area contributed by atoms with Gasteiger partial charge in [-0.25, -0.2) is 4.98 Å². The topological polar surface area (TPSA) is 54.9 Å². The second kappa shape index (κ2) is 6.02. The van der Waals surface area contributed by atoms with Gasteiger partial charge < -0.3 is 5.32 Å². The molecule has 4 nitrogen and oxygen atoms in total. The molecular formula is C19H15N3OS. The standard InChI is InChI=1S/C19H15N3OS/c1-12-7-8-15-16(10-12)24-19(21-15)22-17(23)11-14-5-2-4-13-6-3-9-20-18(13)14/h2-10H,11H2,1H3,(H,21,22,23). The minimum atomic E-state index is -0.0797. The molecule has 4 rings (SSSR count). The predicted molar refractivity (Wildman–Crippen MR) is 98.4 cm³/mol. The number of fused-ring (bicyclic) bond motifs is 2. The van der Waals surface area contributed by atoms with Crippen LogP contribution in [0.3, 0.4) is 0 Å². The number of nitrogens with zero attached hydrogens (tertiary/aromatic N) is 2. The van der Waals surface area contributed by atoms with Crippen LogP contribution in [0.1, 0.15) is 11.1 Å². The van der Waals surface area contributed by atoms with Crippen LogP contribution < -0.4 is 5.32 Å². The fourth-order valence-electron chi connectivity index (χ4n) is 2.73. The summed E-state index contributed by atoms with van der Waals surface area (Å²) in [5.41, 5.74) is 3.89. The number of benzene rings is 2. The highest BCUT2D eigenvalue weighted by molar-refractivity contribution is 7.22. The third-order valence-corrected chi connectivity index (χ3v) is 4.79. The molecule has 118 valence electrons. The Labute approximate surface area is 143 Å². The lowest BCUT2D eigenvalue weighted by molar-refractivity contribution is -0.115. The van der Waals surface area contributed by atoms with Gasteiger partial charge in [-0.05, 0) is 36.2 Å². The van der Waals surface area contributed by atoms with Gasteiger partial charge in [0.15, 0.2) is 5.13 Å². The number of anilines is 1. The van der Waals surface area contributed by atoms with Crippen LogP contribution in [0.25, 0.3) is 21.1 Å². The molecule has 0 fully saturated rings. The third kappa shape index (κ3) is 2.86. The van der Waals surface area contributed by atoms with E-state index in [1.807, 2.05) is 49.4 Å². The first-order valence-electron chi connectivity index (χ1n) is 7.69. The molecule has 2 aromatic heterocycles. The number of thiazole rings is 1. The van der Waals surface area contributed by atoms with Crippen molar-refractivity contribution in [3.8, 4) is 0 Å². The molecule has 0 spiro atoms. The zero-order valence-corrected chi connectivity index (χ0v) is 13.9. The van der Waals surface area contributed by atoms with Gasteiger partial charge in [0, 0.05) is 11.6 Å². The zero-order chi connectivity index (χ0) is 16.5. The predicted octanol–water partition coefficient (Wildman–Crippen LogP) is 4.33. The Bertz CT molecular complexity index is 1050. The van der Waals surface area contributed by atoms with Crippen LogP contribution in [-0.4, -0.2) is 15.9 Å². The van der Waals surface area contributed by atoms with E-state index in [0.717, 1.165) is 26.7 Å². The average molecular weight is 333 g/mol. The van der Waals surface area contributed by atoms with E-state index in [1.165, 1.54) is 16.9 Å². The van der Waals surface area contributed by atoms with Gasteiger partial charge in [0.1, 0.15) is 0 Å². The smallest absolute Gasteiger partial charge is 0.230 e. The lowest BCUT2D eigenvalue weighted by Crippen LogP contribution is -2.14. The minimum absolute atomic E-state index is 0.0797. The molecule has 4 aromatic rings. The monoisotopic (exact) mass is 333 g/mol. The van der Waals surface area contributed by atoms with Crippen LogP contribution >= 0.6 is 11.3 Å². The molecule has 24 heavy (non-hydrogen) atoms. The second-order valence-electron chi connectivity index (χ2n) is 5.71. The molecular weight excluding hydrogens is 318 g/mol. The number of para-hydroxylation sites is 1. The van der Waals surface area contributed by atoms with Gasteiger partial charge in [0.2, 0.25) is 5.91 Å². The largest absolute Gasteiger partial charge is 0.302 e. The van der Waals surface area contributed by atoms with Crippen molar-refractivity contribution in [2.24, 2.45) is 0 Å². The summed E-state index contributed by atoms with van der Waals surface area (Å²) < 4.78 is 1.08. The Morgan fingerprint density at radius 1 is 1.17 bits per heavy atom. The summed E-state index contributed by atoms with van der Waals surface area (Å²) in [6, 6.07) is 15.9. The maximum Gasteiger partial charge on any atom is 0.230 e. The van der Waals surface area contributed by atoms with Crippen molar-refractivity contribution in [2.75, 3.05) is 5.32 Å². The molecule has 0 saturated carbocycles. The van der Waals surface area contributed by atoms with E-state index < -0.39 is 0 Å².